The maximum atomic E-state index is 10.3. The topological polar surface area (TPSA) is 50.0 Å². The molecule has 0 aromatic carbocycles. The van der Waals surface area contributed by atoms with Gasteiger partial charge < -0.3 is 9.90 Å². The summed E-state index contributed by atoms with van der Waals surface area (Å²) in [5.74, 6) is -0.281. The van der Waals surface area contributed by atoms with E-state index in [2.05, 4.69) is 0 Å². The maximum Gasteiger partial charge on any atom is 0.194 e. The molecule has 0 fully saturated rings. The van der Waals surface area contributed by atoms with Crippen molar-refractivity contribution < 1.29 is 9.90 Å². The third kappa shape index (κ3) is 1.64. The SMILES string of the molecule is CCn1ccn(C)[c+]1CC(=O)[O-]. The molecule has 0 aliphatic carbocycles. The smallest absolute Gasteiger partial charge is 0.194 e. The van der Waals surface area contributed by atoms with E-state index in [9.17, 15) is 9.90 Å². The van der Waals surface area contributed by atoms with Crippen molar-refractivity contribution in [3.05, 3.63) is 18.2 Å². The van der Waals surface area contributed by atoms with Gasteiger partial charge in [-0.25, -0.2) is 9.13 Å². The van der Waals surface area contributed by atoms with Gasteiger partial charge in [-0.3, -0.25) is 0 Å². The quantitative estimate of drug-likeness (QED) is 0.567. The second-order valence-corrected chi connectivity index (χ2v) is 2.66. The van der Waals surface area contributed by atoms with Crippen molar-refractivity contribution in [2.45, 2.75) is 19.9 Å². The predicted molar refractivity (Wildman–Crippen MR) is 42.2 cm³/mol. The molecule has 0 saturated heterocycles. The van der Waals surface area contributed by atoms with Crippen LogP contribution in [-0.2, 0) is 24.8 Å². The fourth-order valence-electron chi connectivity index (χ4n) is 1.20. The number of rotatable bonds is 3. The number of aryl methyl sites for hydroxylation is 2. The van der Waals surface area contributed by atoms with Gasteiger partial charge in [-0.15, -0.1) is 0 Å². The Morgan fingerprint density at radius 3 is 2.75 bits per heavy atom. The molecule has 0 atom stereocenters. The van der Waals surface area contributed by atoms with Crippen molar-refractivity contribution in [3.8, 4) is 0 Å². The normalized spacial score (nSPS) is 10.2. The first-order valence-corrected chi connectivity index (χ1v) is 3.88. The summed E-state index contributed by atoms with van der Waals surface area (Å²) in [6.07, 6.45) is 3.66. The molecule has 12 heavy (non-hydrogen) atoms. The second kappa shape index (κ2) is 3.38. The summed E-state index contributed by atoms with van der Waals surface area (Å²) in [7, 11) is 1.82. The summed E-state index contributed by atoms with van der Waals surface area (Å²) in [6, 6.07) is 0. The van der Waals surface area contributed by atoms with Crippen molar-refractivity contribution >= 4 is 5.97 Å². The van der Waals surface area contributed by atoms with Crippen LogP contribution >= 0.6 is 0 Å². The number of carbonyl (C=O) groups is 1. The predicted octanol–water partition coefficient (Wildman–Crippen LogP) is -0.580. The molecule has 1 aromatic rings. The summed E-state index contributed by atoms with van der Waals surface area (Å²) < 4.78 is 3.68. The average molecular weight is 168 g/mol. The van der Waals surface area contributed by atoms with E-state index in [4.69, 9.17) is 0 Å². The van der Waals surface area contributed by atoms with E-state index in [1.54, 1.807) is 4.57 Å². The molecule has 0 spiro atoms. The van der Waals surface area contributed by atoms with Crippen LogP contribution in [0.2, 0.25) is 0 Å². The molecule has 0 bridgehead atoms. The molecule has 1 heterocycles. The third-order valence-electron chi connectivity index (χ3n) is 1.85. The number of hydrogen-bond donors (Lipinski definition) is 0. The number of nitrogens with zero attached hydrogens (tertiary/aromatic N) is 2. The van der Waals surface area contributed by atoms with Crippen LogP contribution in [0.15, 0.2) is 12.4 Å². The Kier molecular flexibility index (Phi) is 2.47. The van der Waals surface area contributed by atoms with E-state index in [0.29, 0.717) is 0 Å². The Bertz CT molecular complexity index is 291. The monoisotopic (exact) mass is 168 g/mol. The lowest BCUT2D eigenvalue weighted by molar-refractivity contribution is -0.304. The van der Waals surface area contributed by atoms with Gasteiger partial charge in [0.15, 0.2) is 18.2 Å². The lowest BCUT2D eigenvalue weighted by Crippen LogP contribution is -2.27. The van der Waals surface area contributed by atoms with Gasteiger partial charge in [0.05, 0.1) is 12.4 Å². The summed E-state index contributed by atoms with van der Waals surface area (Å²) in [6.45, 7) is 2.75. The van der Waals surface area contributed by atoms with Gasteiger partial charge in [0, 0.05) is 13.6 Å². The highest BCUT2D eigenvalue weighted by Gasteiger charge is 2.10. The summed E-state index contributed by atoms with van der Waals surface area (Å²) in [5, 5.41) is 10.3. The van der Waals surface area contributed by atoms with E-state index in [1.165, 1.54) is 0 Å². The van der Waals surface area contributed by atoms with Crippen LogP contribution in [0.25, 0.3) is 0 Å². The number of aliphatic carboxylic acids is 1. The van der Waals surface area contributed by atoms with Gasteiger partial charge in [0.25, 0.3) is 0 Å². The van der Waals surface area contributed by atoms with E-state index in [0.717, 1.165) is 12.4 Å². The fourth-order valence-corrected chi connectivity index (χ4v) is 1.20. The van der Waals surface area contributed by atoms with Crippen molar-refractivity contribution in [2.75, 3.05) is 0 Å². The number of carbonyl (C=O) groups excluding carboxylic acids is 1. The van der Waals surface area contributed by atoms with Gasteiger partial charge in [-0.2, -0.15) is 0 Å². The van der Waals surface area contributed by atoms with Crippen LogP contribution in [0.4, 0.5) is 0 Å². The van der Waals surface area contributed by atoms with Crippen LogP contribution in [0.1, 0.15) is 12.7 Å². The molecule has 0 radical (unpaired) electrons. The molecule has 4 heteroatoms. The minimum atomic E-state index is -1.04. The second-order valence-electron chi connectivity index (χ2n) is 2.66. The Morgan fingerprint density at radius 2 is 2.25 bits per heavy atom. The Balaban J connectivity index is 2.94. The van der Waals surface area contributed by atoms with Crippen LogP contribution < -0.4 is 5.11 Å². The lowest BCUT2D eigenvalue weighted by Gasteiger charge is -2.01. The van der Waals surface area contributed by atoms with E-state index in [-0.39, 0.29) is 6.42 Å². The minimum absolute atomic E-state index is 0.0304. The summed E-state index contributed by atoms with van der Waals surface area (Å²) in [5.41, 5.74) is 0. The molecule has 0 unspecified atom stereocenters. The summed E-state index contributed by atoms with van der Waals surface area (Å²) >= 11 is 0. The Labute approximate surface area is 71.1 Å². The standard InChI is InChI=1S/C8H12N2O2/c1-3-10-5-4-9(2)7(10)6-8(11)12/h4-5H,3,6H2,1-2H3. The molecule has 0 N–H and O–H groups in total. The Morgan fingerprint density at radius 1 is 1.58 bits per heavy atom. The van der Waals surface area contributed by atoms with Gasteiger partial charge in [0.1, 0.15) is 0 Å². The largest absolute Gasteiger partial charge is 0.548 e. The highest BCUT2D eigenvalue weighted by molar-refractivity contribution is 5.66. The zero-order chi connectivity index (χ0) is 9.14. The first-order valence-electron chi connectivity index (χ1n) is 3.88. The number of aromatic nitrogens is 2. The molecule has 1 aromatic heterocycles. The zero-order valence-corrected chi connectivity index (χ0v) is 7.28. The van der Waals surface area contributed by atoms with Crippen LogP contribution in [0.5, 0.6) is 0 Å². The van der Waals surface area contributed by atoms with Crippen LogP contribution in [0.3, 0.4) is 0 Å². The first-order chi connectivity index (χ1) is 5.65. The molecule has 0 amide bonds. The molecule has 66 valence electrons. The molecular weight excluding hydrogens is 156 g/mol. The minimum Gasteiger partial charge on any atom is -0.548 e. The molecule has 0 saturated carbocycles. The number of hydrogen-bond acceptors (Lipinski definition) is 2. The maximum absolute atomic E-state index is 10.3. The summed E-state index contributed by atoms with van der Waals surface area (Å²) in [4.78, 5) is 10.3. The molecule has 0 aliphatic heterocycles. The lowest BCUT2D eigenvalue weighted by atomic mass is 10.4. The van der Waals surface area contributed by atoms with Crippen molar-refractivity contribution in [1.29, 1.82) is 0 Å². The molecule has 0 aliphatic rings. The van der Waals surface area contributed by atoms with Crippen LogP contribution in [0, 0.1) is 0 Å². The van der Waals surface area contributed by atoms with Crippen molar-refractivity contribution in [3.63, 3.8) is 0 Å². The zero-order valence-electron chi connectivity index (χ0n) is 7.28. The van der Waals surface area contributed by atoms with Gasteiger partial charge >= 0.3 is 0 Å². The molecule has 4 nitrogen and oxygen atoms in total. The van der Waals surface area contributed by atoms with Gasteiger partial charge in [-0.1, -0.05) is 0 Å². The fraction of sp³-hybridized carbons (Fsp3) is 0.500. The average Bonchev–Trinajstić information content (AvgIpc) is 2.32. The first kappa shape index (κ1) is 8.77. The van der Waals surface area contributed by atoms with Gasteiger partial charge in [0.2, 0.25) is 0 Å². The highest BCUT2D eigenvalue weighted by atomic mass is 16.4. The third-order valence-corrected chi connectivity index (χ3v) is 1.85. The van der Waals surface area contributed by atoms with Crippen molar-refractivity contribution in [2.24, 2.45) is 7.05 Å². The number of carboxylic acids is 1. The van der Waals surface area contributed by atoms with E-state index >= 15 is 0 Å². The number of imidazole rings is 1. The molecular formula is C8H12N2O2. The van der Waals surface area contributed by atoms with Crippen LogP contribution in [-0.4, -0.2) is 15.1 Å². The van der Waals surface area contributed by atoms with E-state index < -0.39 is 5.97 Å². The number of carboxylic acid groups (broad SMARTS) is 1. The van der Waals surface area contributed by atoms with Gasteiger partial charge in [-0.05, 0) is 6.92 Å². The highest BCUT2D eigenvalue weighted by Crippen LogP contribution is 2.01. The van der Waals surface area contributed by atoms with E-state index in [1.807, 2.05) is 30.9 Å². The molecule has 1 rings (SSSR count). The Hall–Kier alpha value is -1.32. The van der Waals surface area contributed by atoms with Crippen molar-refractivity contribution in [1.82, 2.24) is 9.13 Å².